The van der Waals surface area contributed by atoms with Crippen LogP contribution in [-0.2, 0) is 10.3 Å². The average molecular weight is 408 g/mol. The number of cyclic esters (lactones) is 1. The summed E-state index contributed by atoms with van der Waals surface area (Å²) in [5, 5.41) is 0. The molecule has 1 saturated heterocycles. The van der Waals surface area contributed by atoms with Crippen LogP contribution in [0.4, 0.5) is 19.3 Å². The van der Waals surface area contributed by atoms with E-state index >= 15 is 0 Å². The van der Waals surface area contributed by atoms with E-state index < -0.39 is 23.3 Å². The van der Waals surface area contributed by atoms with Crippen LogP contribution in [0.15, 0.2) is 72.8 Å². The average Bonchev–Trinajstić information content (AvgIpc) is 2.75. The zero-order chi connectivity index (χ0) is 21.1. The number of rotatable bonds is 5. The molecule has 4 rings (SSSR count). The molecule has 0 bridgehead atoms. The van der Waals surface area contributed by atoms with E-state index in [0.29, 0.717) is 37.2 Å². The number of anilines is 1. The third-order valence-corrected chi connectivity index (χ3v) is 5.49. The SMILES string of the molecule is NCCC1(c2ccccc2)CCN(c2cccc(-c3ccc(F)cc3F)c2)C(=O)O1. The number of carbonyl (C=O) groups is 1. The van der Waals surface area contributed by atoms with Gasteiger partial charge in [0.15, 0.2) is 0 Å². The van der Waals surface area contributed by atoms with Gasteiger partial charge in [-0.05, 0) is 41.9 Å². The van der Waals surface area contributed by atoms with Gasteiger partial charge in [-0.15, -0.1) is 0 Å². The number of amides is 1. The predicted octanol–water partition coefficient (Wildman–Crippen LogP) is 5.22. The maximum absolute atomic E-state index is 14.2. The lowest BCUT2D eigenvalue weighted by Gasteiger charge is -2.41. The molecule has 1 aliphatic rings. The van der Waals surface area contributed by atoms with Crippen LogP contribution < -0.4 is 10.6 Å². The zero-order valence-electron chi connectivity index (χ0n) is 16.4. The van der Waals surface area contributed by atoms with Crippen molar-refractivity contribution in [1.82, 2.24) is 0 Å². The van der Waals surface area contributed by atoms with Gasteiger partial charge in [-0.25, -0.2) is 13.6 Å². The molecule has 2 N–H and O–H groups in total. The molecule has 1 atom stereocenters. The van der Waals surface area contributed by atoms with Crippen molar-refractivity contribution in [2.75, 3.05) is 18.0 Å². The molecule has 1 fully saturated rings. The third-order valence-electron chi connectivity index (χ3n) is 5.49. The number of ether oxygens (including phenoxy) is 1. The van der Waals surface area contributed by atoms with Gasteiger partial charge < -0.3 is 10.5 Å². The van der Waals surface area contributed by atoms with E-state index in [4.69, 9.17) is 10.5 Å². The smallest absolute Gasteiger partial charge is 0.415 e. The second-order valence-electron chi connectivity index (χ2n) is 7.34. The molecule has 1 unspecified atom stereocenters. The summed E-state index contributed by atoms with van der Waals surface area (Å²) >= 11 is 0. The number of halogens is 2. The number of nitrogens with zero attached hydrogens (tertiary/aromatic N) is 1. The maximum Gasteiger partial charge on any atom is 0.415 e. The first-order valence-electron chi connectivity index (χ1n) is 9.84. The lowest BCUT2D eigenvalue weighted by Crippen LogP contribution is -2.49. The van der Waals surface area contributed by atoms with E-state index in [2.05, 4.69) is 0 Å². The number of carbonyl (C=O) groups excluding carboxylic acids is 1. The lowest BCUT2D eigenvalue weighted by molar-refractivity contribution is -0.0138. The Labute approximate surface area is 173 Å². The molecular weight excluding hydrogens is 386 g/mol. The van der Waals surface area contributed by atoms with Crippen molar-refractivity contribution in [3.8, 4) is 11.1 Å². The Bertz CT molecular complexity index is 1060. The van der Waals surface area contributed by atoms with Gasteiger partial charge in [-0.2, -0.15) is 0 Å². The van der Waals surface area contributed by atoms with Gasteiger partial charge in [0.1, 0.15) is 17.2 Å². The largest absolute Gasteiger partial charge is 0.438 e. The molecule has 0 spiro atoms. The molecule has 154 valence electrons. The molecule has 0 aliphatic carbocycles. The zero-order valence-corrected chi connectivity index (χ0v) is 16.4. The van der Waals surface area contributed by atoms with Crippen molar-refractivity contribution < 1.29 is 18.3 Å². The van der Waals surface area contributed by atoms with Crippen LogP contribution in [0, 0.1) is 11.6 Å². The third kappa shape index (κ3) is 3.78. The monoisotopic (exact) mass is 408 g/mol. The maximum atomic E-state index is 14.2. The highest BCUT2D eigenvalue weighted by Crippen LogP contribution is 2.39. The standard InChI is InChI=1S/C24H22F2N2O2/c25-19-9-10-21(22(26)16-19)17-5-4-8-20(15-17)28-14-12-24(11-13-27,30-23(28)29)18-6-2-1-3-7-18/h1-10,15-16H,11-14,27H2. The topological polar surface area (TPSA) is 55.6 Å². The van der Waals surface area contributed by atoms with E-state index in [9.17, 15) is 13.6 Å². The molecule has 3 aromatic rings. The molecule has 1 heterocycles. The van der Waals surface area contributed by atoms with E-state index in [1.807, 2.05) is 30.3 Å². The van der Waals surface area contributed by atoms with Crippen molar-refractivity contribution in [2.45, 2.75) is 18.4 Å². The van der Waals surface area contributed by atoms with Gasteiger partial charge in [0.05, 0.1) is 0 Å². The number of nitrogens with two attached hydrogens (primary N) is 1. The molecule has 0 aromatic heterocycles. The minimum Gasteiger partial charge on any atom is -0.438 e. The van der Waals surface area contributed by atoms with Gasteiger partial charge in [-0.3, -0.25) is 4.90 Å². The summed E-state index contributed by atoms with van der Waals surface area (Å²) in [5.41, 5.74) is 7.39. The Morgan fingerprint density at radius 3 is 2.50 bits per heavy atom. The van der Waals surface area contributed by atoms with Gasteiger partial charge in [-0.1, -0.05) is 42.5 Å². The molecule has 3 aromatic carbocycles. The van der Waals surface area contributed by atoms with Crippen molar-refractivity contribution in [3.05, 3.63) is 90.0 Å². The van der Waals surface area contributed by atoms with E-state index in [0.717, 1.165) is 11.6 Å². The minimum atomic E-state index is -0.760. The van der Waals surface area contributed by atoms with Gasteiger partial charge >= 0.3 is 6.09 Å². The second-order valence-corrected chi connectivity index (χ2v) is 7.34. The lowest BCUT2D eigenvalue weighted by atomic mass is 9.85. The molecule has 6 heteroatoms. The normalized spacial score (nSPS) is 18.9. The Morgan fingerprint density at radius 2 is 1.80 bits per heavy atom. The molecule has 0 saturated carbocycles. The van der Waals surface area contributed by atoms with Crippen LogP contribution in [0.5, 0.6) is 0 Å². The summed E-state index contributed by atoms with van der Waals surface area (Å²) < 4.78 is 33.4. The van der Waals surface area contributed by atoms with Crippen LogP contribution in [0.25, 0.3) is 11.1 Å². The fourth-order valence-corrected chi connectivity index (χ4v) is 3.96. The first-order chi connectivity index (χ1) is 14.5. The Balaban J connectivity index is 1.62. The Morgan fingerprint density at radius 1 is 1.00 bits per heavy atom. The molecular formula is C24H22F2N2O2. The quantitative estimate of drug-likeness (QED) is 0.630. The molecule has 30 heavy (non-hydrogen) atoms. The van der Waals surface area contributed by atoms with Gasteiger partial charge in [0.2, 0.25) is 0 Å². The molecule has 0 radical (unpaired) electrons. The summed E-state index contributed by atoms with van der Waals surface area (Å²) in [6.07, 6.45) is 0.627. The van der Waals surface area contributed by atoms with E-state index in [-0.39, 0.29) is 5.56 Å². The summed E-state index contributed by atoms with van der Waals surface area (Å²) in [7, 11) is 0. The fraction of sp³-hybridized carbons (Fsp3) is 0.208. The van der Waals surface area contributed by atoms with Gasteiger partial charge in [0, 0.05) is 36.7 Å². The van der Waals surface area contributed by atoms with E-state index in [1.54, 1.807) is 24.3 Å². The first-order valence-corrected chi connectivity index (χ1v) is 9.84. The van der Waals surface area contributed by atoms with Crippen molar-refractivity contribution >= 4 is 11.8 Å². The van der Waals surface area contributed by atoms with Crippen molar-refractivity contribution in [1.29, 1.82) is 0 Å². The number of benzene rings is 3. The van der Waals surface area contributed by atoms with Crippen LogP contribution in [-0.4, -0.2) is 19.2 Å². The minimum absolute atomic E-state index is 0.269. The highest BCUT2D eigenvalue weighted by molar-refractivity contribution is 5.90. The van der Waals surface area contributed by atoms with Crippen LogP contribution in [0.1, 0.15) is 18.4 Å². The van der Waals surface area contributed by atoms with Crippen LogP contribution in [0.2, 0.25) is 0 Å². The Kier molecular flexibility index (Phi) is 5.50. The summed E-state index contributed by atoms with van der Waals surface area (Å²) in [6.45, 7) is 0.824. The number of hydrogen-bond acceptors (Lipinski definition) is 3. The molecule has 1 aliphatic heterocycles. The van der Waals surface area contributed by atoms with Crippen LogP contribution >= 0.6 is 0 Å². The van der Waals surface area contributed by atoms with Gasteiger partial charge in [0.25, 0.3) is 0 Å². The second kappa shape index (κ2) is 8.24. The number of hydrogen-bond donors (Lipinski definition) is 1. The van der Waals surface area contributed by atoms with Crippen molar-refractivity contribution in [2.24, 2.45) is 5.73 Å². The highest BCUT2D eigenvalue weighted by atomic mass is 19.1. The van der Waals surface area contributed by atoms with Crippen LogP contribution in [0.3, 0.4) is 0 Å². The van der Waals surface area contributed by atoms with Crippen molar-refractivity contribution in [3.63, 3.8) is 0 Å². The fourth-order valence-electron chi connectivity index (χ4n) is 3.96. The van der Waals surface area contributed by atoms with E-state index in [1.165, 1.54) is 17.0 Å². The molecule has 1 amide bonds. The molecule has 4 nitrogen and oxygen atoms in total. The summed E-state index contributed by atoms with van der Waals surface area (Å²) in [4.78, 5) is 14.5. The summed E-state index contributed by atoms with van der Waals surface area (Å²) in [5.74, 6) is -1.29. The predicted molar refractivity (Wildman–Crippen MR) is 112 cm³/mol. The first kappa shape index (κ1) is 20.0. The highest BCUT2D eigenvalue weighted by Gasteiger charge is 2.42. The Hall–Kier alpha value is -3.25. The summed E-state index contributed by atoms with van der Waals surface area (Å²) in [6, 6.07) is 20.0.